The highest BCUT2D eigenvalue weighted by Crippen LogP contribution is 2.21. The summed E-state index contributed by atoms with van der Waals surface area (Å²) < 4.78 is 9.46. The van der Waals surface area contributed by atoms with Gasteiger partial charge in [-0.15, -0.1) is 0 Å². The van der Waals surface area contributed by atoms with Crippen LogP contribution in [0.25, 0.3) is 5.57 Å². The van der Waals surface area contributed by atoms with Crippen molar-refractivity contribution in [3.05, 3.63) is 41.6 Å². The average molecular weight is 263 g/mol. The van der Waals surface area contributed by atoms with E-state index in [4.69, 9.17) is 9.47 Å². The molecule has 5 nitrogen and oxygen atoms in total. The van der Waals surface area contributed by atoms with Crippen molar-refractivity contribution >= 4 is 17.5 Å². The smallest absolute Gasteiger partial charge is 0.339 e. The average Bonchev–Trinajstić information content (AvgIpc) is 2.43. The predicted molar refractivity (Wildman–Crippen MR) is 71.5 cm³/mol. The molecule has 0 saturated heterocycles. The number of esters is 2. The van der Waals surface area contributed by atoms with Gasteiger partial charge in [-0.25, -0.2) is 9.59 Å². The molecular formula is C14H17NO4. The highest BCUT2D eigenvalue weighted by molar-refractivity contribution is 6.18. The van der Waals surface area contributed by atoms with Crippen molar-refractivity contribution in [1.82, 2.24) is 4.90 Å². The number of carbonyl (C=O) groups is 2. The normalized spacial score (nSPS) is 10.8. The number of rotatable bonds is 4. The number of benzene rings is 1. The van der Waals surface area contributed by atoms with Gasteiger partial charge in [-0.1, -0.05) is 18.2 Å². The summed E-state index contributed by atoms with van der Waals surface area (Å²) in [7, 11) is 6.16. The Morgan fingerprint density at radius 2 is 1.63 bits per heavy atom. The van der Waals surface area contributed by atoms with Crippen LogP contribution >= 0.6 is 0 Å². The van der Waals surface area contributed by atoms with Crippen LogP contribution in [-0.2, 0) is 14.3 Å². The molecule has 0 spiro atoms. The van der Waals surface area contributed by atoms with Gasteiger partial charge in [-0.05, 0) is 6.07 Å². The van der Waals surface area contributed by atoms with Gasteiger partial charge in [0.15, 0.2) is 0 Å². The van der Waals surface area contributed by atoms with Crippen LogP contribution in [0.3, 0.4) is 0 Å². The monoisotopic (exact) mass is 263 g/mol. The summed E-state index contributed by atoms with van der Waals surface area (Å²) in [6.45, 7) is 0. The maximum atomic E-state index is 11.8. The van der Waals surface area contributed by atoms with Crippen LogP contribution < -0.4 is 0 Å². The minimum Gasteiger partial charge on any atom is -0.465 e. The second-order valence-corrected chi connectivity index (χ2v) is 4.04. The molecule has 0 N–H and O–H groups in total. The van der Waals surface area contributed by atoms with Crippen molar-refractivity contribution in [2.24, 2.45) is 0 Å². The summed E-state index contributed by atoms with van der Waals surface area (Å²) in [6.07, 6.45) is 1.60. The van der Waals surface area contributed by atoms with Gasteiger partial charge >= 0.3 is 11.9 Å². The Kier molecular flexibility index (Phi) is 5.11. The Bertz CT molecular complexity index is 506. The zero-order valence-corrected chi connectivity index (χ0v) is 11.5. The lowest BCUT2D eigenvalue weighted by atomic mass is 10.0. The number of hydrogen-bond donors (Lipinski definition) is 0. The number of nitrogens with zero attached hydrogens (tertiary/aromatic N) is 1. The van der Waals surface area contributed by atoms with Crippen LogP contribution in [0.2, 0.25) is 0 Å². The Balaban J connectivity index is 3.39. The molecule has 0 aliphatic carbocycles. The van der Waals surface area contributed by atoms with E-state index in [1.54, 1.807) is 49.5 Å². The lowest BCUT2D eigenvalue weighted by Crippen LogP contribution is -2.13. The van der Waals surface area contributed by atoms with E-state index >= 15 is 0 Å². The number of carbonyl (C=O) groups excluding carboxylic acids is 2. The maximum Gasteiger partial charge on any atom is 0.339 e. The molecular weight excluding hydrogens is 246 g/mol. The lowest BCUT2D eigenvalue weighted by Gasteiger charge is -2.13. The van der Waals surface area contributed by atoms with E-state index in [0.717, 1.165) is 0 Å². The largest absolute Gasteiger partial charge is 0.465 e. The van der Waals surface area contributed by atoms with Crippen LogP contribution in [-0.4, -0.2) is 45.2 Å². The first-order valence-corrected chi connectivity index (χ1v) is 5.65. The van der Waals surface area contributed by atoms with Crippen LogP contribution in [0.15, 0.2) is 30.5 Å². The van der Waals surface area contributed by atoms with E-state index in [1.807, 2.05) is 0 Å². The second kappa shape index (κ2) is 6.58. The van der Waals surface area contributed by atoms with Gasteiger partial charge in [0.05, 0.1) is 25.4 Å². The molecule has 0 amide bonds. The topological polar surface area (TPSA) is 55.8 Å². The van der Waals surface area contributed by atoms with Crippen LogP contribution in [0, 0.1) is 0 Å². The van der Waals surface area contributed by atoms with Crippen molar-refractivity contribution < 1.29 is 19.1 Å². The highest BCUT2D eigenvalue weighted by atomic mass is 16.5. The van der Waals surface area contributed by atoms with Gasteiger partial charge in [0.2, 0.25) is 0 Å². The third-order valence-electron chi connectivity index (χ3n) is 2.42. The quantitative estimate of drug-likeness (QED) is 0.609. The van der Waals surface area contributed by atoms with E-state index in [2.05, 4.69) is 0 Å². The first kappa shape index (κ1) is 14.8. The summed E-state index contributed by atoms with van der Waals surface area (Å²) in [5.74, 6) is -1.01. The molecule has 5 heteroatoms. The van der Waals surface area contributed by atoms with Crippen molar-refractivity contribution in [3.8, 4) is 0 Å². The Morgan fingerprint density at radius 3 is 2.11 bits per heavy atom. The maximum absolute atomic E-state index is 11.8. The highest BCUT2D eigenvalue weighted by Gasteiger charge is 2.20. The van der Waals surface area contributed by atoms with E-state index in [-0.39, 0.29) is 0 Å². The molecule has 0 unspecified atom stereocenters. The van der Waals surface area contributed by atoms with Crippen molar-refractivity contribution in [3.63, 3.8) is 0 Å². The van der Waals surface area contributed by atoms with E-state index in [9.17, 15) is 9.59 Å². The van der Waals surface area contributed by atoms with E-state index in [0.29, 0.717) is 16.7 Å². The fourth-order valence-electron chi connectivity index (χ4n) is 1.61. The van der Waals surface area contributed by atoms with Gasteiger partial charge in [0.1, 0.15) is 0 Å². The third kappa shape index (κ3) is 3.58. The first-order valence-electron chi connectivity index (χ1n) is 5.65. The van der Waals surface area contributed by atoms with Crippen LogP contribution in [0.5, 0.6) is 0 Å². The Hall–Kier alpha value is -2.30. The van der Waals surface area contributed by atoms with Gasteiger partial charge < -0.3 is 14.4 Å². The fourth-order valence-corrected chi connectivity index (χ4v) is 1.61. The molecule has 0 fully saturated rings. The predicted octanol–water partition coefficient (Wildman–Crippen LogP) is 1.55. The molecule has 19 heavy (non-hydrogen) atoms. The molecule has 1 aromatic carbocycles. The number of ether oxygens (including phenoxy) is 2. The molecule has 0 bridgehead atoms. The van der Waals surface area contributed by atoms with Crippen LogP contribution in [0.4, 0.5) is 0 Å². The van der Waals surface area contributed by atoms with Gasteiger partial charge in [0.25, 0.3) is 0 Å². The molecule has 0 radical (unpaired) electrons. The zero-order valence-electron chi connectivity index (χ0n) is 11.5. The van der Waals surface area contributed by atoms with Gasteiger partial charge in [0, 0.05) is 25.9 Å². The van der Waals surface area contributed by atoms with E-state index < -0.39 is 11.9 Å². The lowest BCUT2D eigenvalue weighted by molar-refractivity contribution is -0.133. The standard InChI is InChI=1S/C14H17NO4/c1-15(2)9-12(14(17)19-4)10-7-5-6-8-11(10)13(16)18-3/h5-9H,1-4H3/b12-9+. The number of hydrogen-bond acceptors (Lipinski definition) is 5. The molecule has 102 valence electrons. The third-order valence-corrected chi connectivity index (χ3v) is 2.42. The van der Waals surface area contributed by atoms with Gasteiger partial charge in [-0.2, -0.15) is 0 Å². The summed E-state index contributed by atoms with van der Waals surface area (Å²) in [5.41, 5.74) is 1.10. The Morgan fingerprint density at radius 1 is 1.05 bits per heavy atom. The summed E-state index contributed by atoms with van der Waals surface area (Å²) >= 11 is 0. The summed E-state index contributed by atoms with van der Waals surface area (Å²) in [6, 6.07) is 6.74. The molecule has 0 atom stereocenters. The molecule has 0 aliphatic heterocycles. The van der Waals surface area contributed by atoms with Crippen molar-refractivity contribution in [2.75, 3.05) is 28.3 Å². The zero-order chi connectivity index (χ0) is 14.4. The van der Waals surface area contributed by atoms with E-state index in [1.165, 1.54) is 14.2 Å². The Labute approximate surface area is 112 Å². The minimum atomic E-state index is -0.509. The molecule has 0 heterocycles. The SMILES string of the molecule is COC(=O)/C(=C/N(C)C)c1ccccc1C(=O)OC. The molecule has 0 aromatic heterocycles. The van der Waals surface area contributed by atoms with Crippen LogP contribution in [0.1, 0.15) is 15.9 Å². The van der Waals surface area contributed by atoms with Gasteiger partial charge in [-0.3, -0.25) is 0 Å². The second-order valence-electron chi connectivity index (χ2n) is 4.04. The fraction of sp³-hybridized carbons (Fsp3) is 0.286. The summed E-state index contributed by atoms with van der Waals surface area (Å²) in [4.78, 5) is 25.3. The van der Waals surface area contributed by atoms with Crippen molar-refractivity contribution in [1.29, 1.82) is 0 Å². The molecule has 1 aromatic rings. The number of methoxy groups -OCH3 is 2. The summed E-state index contributed by atoms with van der Waals surface area (Å²) in [5, 5.41) is 0. The first-order chi connectivity index (χ1) is 9.01. The molecule has 1 rings (SSSR count). The molecule has 0 saturated carbocycles. The molecule has 0 aliphatic rings. The van der Waals surface area contributed by atoms with Crippen molar-refractivity contribution in [2.45, 2.75) is 0 Å². The minimum absolute atomic E-state index is 0.300.